The minimum atomic E-state index is -0.383. The third-order valence-electron chi connectivity index (χ3n) is 5.97. The molecule has 0 aliphatic carbocycles. The number of unbranched alkanes of at least 4 members (excludes halogenated alkanes) is 17. The van der Waals surface area contributed by atoms with Crippen LogP contribution in [-0.4, -0.2) is 37.0 Å². The summed E-state index contributed by atoms with van der Waals surface area (Å²) in [5.41, 5.74) is 0. The van der Waals surface area contributed by atoms with Crippen molar-refractivity contribution in [2.24, 2.45) is 0 Å². The molecule has 0 saturated heterocycles. The van der Waals surface area contributed by atoms with Crippen LogP contribution in [0.1, 0.15) is 142 Å². The lowest BCUT2D eigenvalue weighted by molar-refractivity contribution is -0.149. The molecule has 0 radical (unpaired) electrons. The molecular formula is C27H54O4. The van der Waals surface area contributed by atoms with Gasteiger partial charge in [-0.05, 0) is 12.8 Å². The average Bonchev–Trinajstić information content (AvgIpc) is 2.78. The van der Waals surface area contributed by atoms with Crippen molar-refractivity contribution in [3.8, 4) is 0 Å². The van der Waals surface area contributed by atoms with Crippen LogP contribution in [0.25, 0.3) is 0 Å². The molecule has 4 nitrogen and oxygen atoms in total. The number of carbonyl (C=O) groups excluding carboxylic acids is 1. The van der Waals surface area contributed by atoms with Gasteiger partial charge in [-0.3, -0.25) is 4.79 Å². The molecule has 0 aliphatic heterocycles. The zero-order valence-electron chi connectivity index (χ0n) is 21.0. The number of carbonyl (C=O) groups is 1. The van der Waals surface area contributed by atoms with E-state index in [0.29, 0.717) is 13.0 Å². The Bertz CT molecular complexity index is 359. The molecule has 0 aromatic carbocycles. The van der Waals surface area contributed by atoms with Crippen molar-refractivity contribution in [1.82, 2.24) is 0 Å². The summed E-state index contributed by atoms with van der Waals surface area (Å²) in [6.45, 7) is 5.17. The first kappa shape index (κ1) is 30.4. The van der Waals surface area contributed by atoms with Gasteiger partial charge >= 0.3 is 5.97 Å². The molecule has 0 unspecified atom stereocenters. The van der Waals surface area contributed by atoms with Gasteiger partial charge in [0.2, 0.25) is 0 Å². The molecule has 4 heteroatoms. The van der Waals surface area contributed by atoms with Crippen LogP contribution in [0.15, 0.2) is 0 Å². The molecule has 0 rings (SSSR count). The molecule has 0 amide bonds. The zero-order chi connectivity index (χ0) is 22.8. The van der Waals surface area contributed by atoms with Crippen molar-refractivity contribution in [3.63, 3.8) is 0 Å². The Labute approximate surface area is 193 Å². The molecule has 0 bridgehead atoms. The maximum Gasteiger partial charge on any atom is 0.305 e. The number of hydrogen-bond donors (Lipinski definition) is 1. The third-order valence-corrected chi connectivity index (χ3v) is 5.97. The molecule has 0 spiro atoms. The lowest BCUT2D eigenvalue weighted by Crippen LogP contribution is -2.26. The van der Waals surface area contributed by atoms with Gasteiger partial charge in [-0.2, -0.15) is 0 Å². The highest BCUT2D eigenvalue weighted by Crippen LogP contribution is 2.13. The fourth-order valence-corrected chi connectivity index (χ4v) is 3.83. The smallest absolute Gasteiger partial charge is 0.305 e. The predicted octanol–water partition coefficient (Wildman–Crippen LogP) is 7.75. The first-order valence-electron chi connectivity index (χ1n) is 13.6. The summed E-state index contributed by atoms with van der Waals surface area (Å²) in [5, 5.41) is 9.41. The Hall–Kier alpha value is -0.610. The van der Waals surface area contributed by atoms with Crippen molar-refractivity contribution in [3.05, 3.63) is 0 Å². The van der Waals surface area contributed by atoms with Crippen molar-refractivity contribution < 1.29 is 19.4 Å². The van der Waals surface area contributed by atoms with Gasteiger partial charge in [-0.15, -0.1) is 0 Å². The van der Waals surface area contributed by atoms with Gasteiger partial charge in [0.15, 0.2) is 0 Å². The molecule has 31 heavy (non-hydrogen) atoms. The van der Waals surface area contributed by atoms with Gasteiger partial charge in [0.25, 0.3) is 0 Å². The van der Waals surface area contributed by atoms with Crippen LogP contribution in [0.4, 0.5) is 0 Å². The summed E-state index contributed by atoms with van der Waals surface area (Å²) in [5.74, 6) is -0.171. The van der Waals surface area contributed by atoms with E-state index < -0.39 is 0 Å². The SMILES string of the molecule is CCCCCCCCCCCCCCCCO[C@H](CO)COC(=O)CCCCCCC. The van der Waals surface area contributed by atoms with Gasteiger partial charge < -0.3 is 14.6 Å². The second kappa shape index (κ2) is 25.6. The Morgan fingerprint density at radius 1 is 0.645 bits per heavy atom. The Kier molecular flexibility index (Phi) is 25.1. The van der Waals surface area contributed by atoms with Crippen LogP contribution in [0, 0.1) is 0 Å². The van der Waals surface area contributed by atoms with E-state index in [4.69, 9.17) is 9.47 Å². The summed E-state index contributed by atoms with van der Waals surface area (Å²) in [4.78, 5) is 11.7. The lowest BCUT2D eigenvalue weighted by atomic mass is 10.0. The van der Waals surface area contributed by atoms with E-state index in [2.05, 4.69) is 13.8 Å². The maximum atomic E-state index is 11.7. The summed E-state index contributed by atoms with van der Waals surface area (Å²) in [6.07, 6.45) is 24.4. The first-order valence-corrected chi connectivity index (χ1v) is 13.6. The number of aliphatic hydroxyl groups is 1. The molecule has 186 valence electrons. The molecule has 0 aliphatic rings. The van der Waals surface area contributed by atoms with E-state index in [9.17, 15) is 9.90 Å². The van der Waals surface area contributed by atoms with Crippen molar-refractivity contribution in [2.75, 3.05) is 19.8 Å². The highest BCUT2D eigenvalue weighted by Gasteiger charge is 2.11. The van der Waals surface area contributed by atoms with Crippen molar-refractivity contribution >= 4 is 5.97 Å². The number of ether oxygens (including phenoxy) is 2. The quantitative estimate of drug-likeness (QED) is 0.116. The Morgan fingerprint density at radius 2 is 1.06 bits per heavy atom. The molecule has 1 atom stereocenters. The minimum absolute atomic E-state index is 0.0949. The number of esters is 1. The summed E-state index contributed by atoms with van der Waals surface area (Å²) in [6, 6.07) is 0. The topological polar surface area (TPSA) is 55.8 Å². The van der Waals surface area contributed by atoms with Gasteiger partial charge in [0.05, 0.1) is 6.61 Å². The van der Waals surface area contributed by atoms with Crippen LogP contribution < -0.4 is 0 Å². The van der Waals surface area contributed by atoms with E-state index in [-0.39, 0.29) is 25.3 Å². The molecule has 0 aromatic heterocycles. The molecule has 0 fully saturated rings. The van der Waals surface area contributed by atoms with E-state index in [1.54, 1.807) is 0 Å². The molecule has 0 aromatic rings. The predicted molar refractivity (Wildman–Crippen MR) is 131 cm³/mol. The van der Waals surface area contributed by atoms with Crippen LogP contribution in [0.5, 0.6) is 0 Å². The number of aliphatic hydroxyl groups excluding tert-OH is 1. The summed E-state index contributed by atoms with van der Waals surface area (Å²) in [7, 11) is 0. The second-order valence-corrected chi connectivity index (χ2v) is 9.12. The minimum Gasteiger partial charge on any atom is -0.463 e. The average molecular weight is 443 g/mol. The van der Waals surface area contributed by atoms with Crippen LogP contribution >= 0.6 is 0 Å². The van der Waals surface area contributed by atoms with Crippen molar-refractivity contribution in [1.29, 1.82) is 0 Å². The second-order valence-electron chi connectivity index (χ2n) is 9.12. The van der Waals surface area contributed by atoms with E-state index in [1.807, 2.05) is 0 Å². The monoisotopic (exact) mass is 442 g/mol. The third kappa shape index (κ3) is 23.9. The normalized spacial score (nSPS) is 12.2. The molecular weight excluding hydrogens is 388 g/mol. The van der Waals surface area contributed by atoms with Crippen molar-refractivity contribution in [2.45, 2.75) is 148 Å². The molecule has 0 heterocycles. The molecule has 1 N–H and O–H groups in total. The van der Waals surface area contributed by atoms with Gasteiger partial charge in [-0.25, -0.2) is 0 Å². The Balaban J connectivity index is 3.37. The maximum absolute atomic E-state index is 11.7. The number of rotatable bonds is 25. The largest absolute Gasteiger partial charge is 0.463 e. The number of hydrogen-bond acceptors (Lipinski definition) is 4. The van der Waals surface area contributed by atoms with Gasteiger partial charge in [0.1, 0.15) is 12.7 Å². The fourth-order valence-electron chi connectivity index (χ4n) is 3.83. The van der Waals surface area contributed by atoms with Gasteiger partial charge in [0, 0.05) is 13.0 Å². The lowest BCUT2D eigenvalue weighted by Gasteiger charge is -2.15. The van der Waals surface area contributed by atoms with Crippen LogP contribution in [0.2, 0.25) is 0 Å². The zero-order valence-corrected chi connectivity index (χ0v) is 21.0. The summed E-state index contributed by atoms with van der Waals surface area (Å²) >= 11 is 0. The van der Waals surface area contributed by atoms with E-state index >= 15 is 0 Å². The fraction of sp³-hybridized carbons (Fsp3) is 0.963. The molecule has 0 saturated carbocycles. The summed E-state index contributed by atoms with van der Waals surface area (Å²) < 4.78 is 10.9. The van der Waals surface area contributed by atoms with Crippen LogP contribution in [-0.2, 0) is 14.3 Å². The first-order chi connectivity index (χ1) is 15.2. The van der Waals surface area contributed by atoms with E-state index in [1.165, 1.54) is 103 Å². The van der Waals surface area contributed by atoms with E-state index in [0.717, 1.165) is 19.3 Å². The Morgan fingerprint density at radius 3 is 1.52 bits per heavy atom. The van der Waals surface area contributed by atoms with Crippen LogP contribution in [0.3, 0.4) is 0 Å². The van der Waals surface area contributed by atoms with Gasteiger partial charge in [-0.1, -0.05) is 123 Å². The standard InChI is InChI=1S/C27H54O4/c1-3-5-7-9-10-11-12-13-14-15-16-17-19-21-23-30-26(24-28)25-31-27(29)22-20-18-8-6-4-2/h26,28H,3-25H2,1-2H3/t26-/m1/s1. The highest BCUT2D eigenvalue weighted by atomic mass is 16.6. The highest BCUT2D eigenvalue weighted by molar-refractivity contribution is 5.69.